The van der Waals surface area contributed by atoms with Gasteiger partial charge in [0.05, 0.1) is 0 Å². The fraction of sp³-hybridized carbons (Fsp3) is 0.500. The van der Waals surface area contributed by atoms with E-state index in [9.17, 15) is 4.79 Å². The van der Waals surface area contributed by atoms with E-state index in [-0.39, 0.29) is 0 Å². The van der Waals surface area contributed by atoms with Gasteiger partial charge < -0.3 is 10.8 Å². The van der Waals surface area contributed by atoms with Gasteiger partial charge in [-0.2, -0.15) is 0 Å². The fourth-order valence-electron chi connectivity index (χ4n) is 2.17. The van der Waals surface area contributed by atoms with E-state index < -0.39 is 12.0 Å². The monoisotopic (exact) mass is 250 g/mol. The van der Waals surface area contributed by atoms with Gasteiger partial charge in [0.15, 0.2) is 0 Å². The summed E-state index contributed by atoms with van der Waals surface area (Å²) in [5.41, 5.74) is 6.75. The van der Waals surface area contributed by atoms with Gasteiger partial charge in [0.2, 0.25) is 0 Å². The maximum Gasteiger partial charge on any atom is 0.322 e. The molecule has 0 saturated carbocycles. The Morgan fingerprint density at radius 2 is 2.39 bits per heavy atom. The van der Waals surface area contributed by atoms with E-state index in [1.807, 2.05) is 24.1 Å². The molecule has 1 atom stereocenters. The summed E-state index contributed by atoms with van der Waals surface area (Å²) < 4.78 is 0. The number of aromatic nitrogens is 1. The van der Waals surface area contributed by atoms with Crippen LogP contribution in [0.1, 0.15) is 5.56 Å². The lowest BCUT2D eigenvalue weighted by molar-refractivity contribution is -0.145. The van der Waals surface area contributed by atoms with Crippen LogP contribution in [-0.4, -0.2) is 58.6 Å². The first-order chi connectivity index (χ1) is 8.58. The number of hydrogen-bond donors (Lipinski definition) is 2. The number of nitrogens with zero attached hydrogens (tertiary/aromatic N) is 3. The second kappa shape index (κ2) is 5.32. The van der Waals surface area contributed by atoms with Crippen molar-refractivity contribution in [3.8, 4) is 0 Å². The van der Waals surface area contributed by atoms with Crippen molar-refractivity contribution in [3.05, 3.63) is 23.9 Å². The van der Waals surface area contributed by atoms with Crippen molar-refractivity contribution in [2.75, 3.05) is 32.4 Å². The van der Waals surface area contributed by atoms with E-state index in [1.165, 1.54) is 0 Å². The van der Waals surface area contributed by atoms with Crippen LogP contribution in [0.25, 0.3) is 0 Å². The predicted octanol–water partition coefficient (Wildman–Crippen LogP) is -0.136. The zero-order valence-electron chi connectivity index (χ0n) is 10.4. The first-order valence-corrected chi connectivity index (χ1v) is 5.92. The zero-order valence-corrected chi connectivity index (χ0v) is 10.4. The van der Waals surface area contributed by atoms with Crippen LogP contribution in [0.2, 0.25) is 0 Å². The van der Waals surface area contributed by atoms with Gasteiger partial charge in [-0.15, -0.1) is 0 Å². The molecule has 1 aromatic heterocycles. The van der Waals surface area contributed by atoms with Gasteiger partial charge in [0.25, 0.3) is 0 Å². The van der Waals surface area contributed by atoms with Crippen LogP contribution in [0, 0.1) is 0 Å². The van der Waals surface area contributed by atoms with Crippen LogP contribution in [0.5, 0.6) is 0 Å². The van der Waals surface area contributed by atoms with E-state index in [0.717, 1.165) is 18.7 Å². The number of anilines is 1. The summed E-state index contributed by atoms with van der Waals surface area (Å²) in [5.74, 6) is -0.260. The third kappa shape index (κ3) is 2.77. The van der Waals surface area contributed by atoms with Gasteiger partial charge in [0, 0.05) is 37.9 Å². The highest BCUT2D eigenvalue weighted by molar-refractivity contribution is 5.73. The van der Waals surface area contributed by atoms with Crippen LogP contribution in [0.15, 0.2) is 18.3 Å². The Morgan fingerprint density at radius 3 is 3.06 bits per heavy atom. The normalized spacial score (nSPS) is 21.9. The van der Waals surface area contributed by atoms with E-state index >= 15 is 0 Å². The Bertz CT molecular complexity index is 438. The molecule has 1 aliphatic rings. The van der Waals surface area contributed by atoms with Gasteiger partial charge in [0.1, 0.15) is 11.9 Å². The molecule has 2 heterocycles. The van der Waals surface area contributed by atoms with Gasteiger partial charge in [-0.25, -0.2) is 4.98 Å². The summed E-state index contributed by atoms with van der Waals surface area (Å²) in [5, 5.41) is 9.14. The largest absolute Gasteiger partial charge is 0.480 e. The molecule has 0 amide bonds. The quantitative estimate of drug-likeness (QED) is 0.777. The summed E-state index contributed by atoms with van der Waals surface area (Å²) in [4.78, 5) is 19.1. The molecule has 1 fully saturated rings. The van der Waals surface area contributed by atoms with Gasteiger partial charge in [-0.1, -0.05) is 6.07 Å². The average molecular weight is 250 g/mol. The summed E-state index contributed by atoms with van der Waals surface area (Å²) in [6.45, 7) is 2.75. The smallest absolute Gasteiger partial charge is 0.322 e. The Balaban J connectivity index is 2.03. The molecule has 1 unspecified atom stereocenters. The van der Waals surface area contributed by atoms with Crippen molar-refractivity contribution in [3.63, 3.8) is 0 Å². The first-order valence-electron chi connectivity index (χ1n) is 5.92. The summed E-state index contributed by atoms with van der Waals surface area (Å²) in [7, 11) is 1.84. The minimum Gasteiger partial charge on any atom is -0.480 e. The number of piperazine rings is 1. The molecule has 98 valence electrons. The molecule has 2 rings (SSSR count). The maximum absolute atomic E-state index is 11.1. The molecule has 1 aliphatic heterocycles. The van der Waals surface area contributed by atoms with Crippen molar-refractivity contribution in [1.29, 1.82) is 0 Å². The first kappa shape index (κ1) is 12.8. The fourth-order valence-corrected chi connectivity index (χ4v) is 2.17. The van der Waals surface area contributed by atoms with E-state index in [0.29, 0.717) is 18.9 Å². The Labute approximate surface area is 106 Å². The zero-order chi connectivity index (χ0) is 13.1. The van der Waals surface area contributed by atoms with E-state index in [4.69, 9.17) is 10.8 Å². The molecular weight excluding hydrogens is 232 g/mol. The van der Waals surface area contributed by atoms with Crippen molar-refractivity contribution >= 4 is 11.8 Å². The van der Waals surface area contributed by atoms with Crippen molar-refractivity contribution in [2.45, 2.75) is 12.6 Å². The molecule has 1 saturated heterocycles. The topological polar surface area (TPSA) is 82.7 Å². The third-order valence-corrected chi connectivity index (χ3v) is 3.34. The second-order valence-electron chi connectivity index (χ2n) is 4.62. The molecule has 0 radical (unpaired) electrons. The molecular formula is C12H18N4O2. The van der Waals surface area contributed by atoms with Crippen molar-refractivity contribution < 1.29 is 9.90 Å². The van der Waals surface area contributed by atoms with Gasteiger partial charge >= 0.3 is 5.97 Å². The molecule has 1 aromatic rings. The van der Waals surface area contributed by atoms with E-state index in [2.05, 4.69) is 9.88 Å². The Morgan fingerprint density at radius 1 is 1.61 bits per heavy atom. The molecule has 6 heteroatoms. The number of pyridine rings is 1. The van der Waals surface area contributed by atoms with Gasteiger partial charge in [-0.3, -0.25) is 14.6 Å². The molecule has 0 aromatic carbocycles. The van der Waals surface area contributed by atoms with Crippen LogP contribution < -0.4 is 5.73 Å². The Kier molecular flexibility index (Phi) is 3.78. The molecule has 0 spiro atoms. The molecule has 0 bridgehead atoms. The molecule has 18 heavy (non-hydrogen) atoms. The number of carboxylic acids is 1. The predicted molar refractivity (Wildman–Crippen MR) is 68.0 cm³/mol. The minimum absolute atomic E-state index is 0.448. The van der Waals surface area contributed by atoms with Gasteiger partial charge in [-0.05, 0) is 13.1 Å². The summed E-state index contributed by atoms with van der Waals surface area (Å²) >= 11 is 0. The van der Waals surface area contributed by atoms with Crippen LogP contribution >= 0.6 is 0 Å². The lowest BCUT2D eigenvalue weighted by Crippen LogP contribution is -2.54. The average Bonchev–Trinajstić information content (AvgIpc) is 2.34. The van der Waals surface area contributed by atoms with Crippen molar-refractivity contribution in [1.82, 2.24) is 14.8 Å². The highest BCUT2D eigenvalue weighted by Crippen LogP contribution is 2.14. The highest BCUT2D eigenvalue weighted by atomic mass is 16.4. The van der Waals surface area contributed by atoms with Crippen LogP contribution in [0.3, 0.4) is 0 Å². The molecule has 3 N–H and O–H groups in total. The summed E-state index contributed by atoms with van der Waals surface area (Å²) in [6.07, 6.45) is 1.66. The number of carbonyl (C=O) groups is 1. The maximum atomic E-state index is 11.1. The lowest BCUT2D eigenvalue weighted by Gasteiger charge is -2.37. The van der Waals surface area contributed by atoms with E-state index in [1.54, 1.807) is 6.20 Å². The number of nitrogen functional groups attached to an aromatic ring is 1. The lowest BCUT2D eigenvalue weighted by atomic mass is 10.1. The number of carboxylic acid groups (broad SMARTS) is 1. The summed E-state index contributed by atoms with van der Waals surface area (Å²) in [6, 6.07) is 3.32. The minimum atomic E-state index is -0.777. The third-order valence-electron chi connectivity index (χ3n) is 3.34. The molecule has 0 aliphatic carbocycles. The number of aliphatic carboxylic acids is 1. The molecule has 6 nitrogen and oxygen atoms in total. The highest BCUT2D eigenvalue weighted by Gasteiger charge is 2.29. The van der Waals surface area contributed by atoms with Crippen molar-refractivity contribution in [2.24, 2.45) is 0 Å². The number of nitrogens with two attached hydrogens (primary N) is 1. The second-order valence-corrected chi connectivity index (χ2v) is 4.62. The number of hydrogen-bond acceptors (Lipinski definition) is 5. The SMILES string of the molecule is CN1CCN(Cc2cccnc2N)CC1C(=O)O. The number of likely N-dealkylation sites (N-methyl/N-ethyl adjacent to an activating group) is 1. The standard InChI is InChI=1S/C12H18N4O2/c1-15-5-6-16(8-10(15)12(17)18)7-9-3-2-4-14-11(9)13/h2-4,10H,5-8H2,1H3,(H2,13,14)(H,17,18). The number of rotatable bonds is 3. The van der Waals surface area contributed by atoms with Crippen LogP contribution in [0.4, 0.5) is 5.82 Å². The van der Waals surface area contributed by atoms with Crippen LogP contribution in [-0.2, 0) is 11.3 Å². The Hall–Kier alpha value is -1.66.